The lowest BCUT2D eigenvalue weighted by molar-refractivity contribution is -0.121. The molecule has 0 aliphatic heterocycles. The first-order chi connectivity index (χ1) is 11.8. The average Bonchev–Trinajstić information content (AvgIpc) is 3.13. The average molecular weight is 321 g/mol. The van der Waals surface area contributed by atoms with Crippen molar-refractivity contribution < 1.29 is 4.79 Å². The number of rotatable bonds is 7. The Morgan fingerprint density at radius 3 is 2.00 bits per heavy atom. The zero-order valence-electron chi connectivity index (χ0n) is 14.3. The molecule has 126 valence electrons. The van der Waals surface area contributed by atoms with E-state index in [0.29, 0.717) is 18.3 Å². The first-order valence-electron chi connectivity index (χ1n) is 9.19. The molecule has 0 saturated heterocycles. The minimum atomic E-state index is 0.224. The summed E-state index contributed by atoms with van der Waals surface area (Å²) in [7, 11) is 0. The third-order valence-corrected chi connectivity index (χ3v) is 5.11. The van der Waals surface area contributed by atoms with Crippen LogP contribution in [-0.4, -0.2) is 12.5 Å². The minimum Gasteiger partial charge on any atom is -0.356 e. The molecule has 1 N–H and O–H groups in total. The number of hydrogen-bond acceptors (Lipinski definition) is 1. The predicted molar refractivity (Wildman–Crippen MR) is 98.9 cm³/mol. The number of carbonyl (C=O) groups is 1. The summed E-state index contributed by atoms with van der Waals surface area (Å²) >= 11 is 0. The fraction of sp³-hybridized carbons (Fsp3) is 0.409. The third-order valence-electron chi connectivity index (χ3n) is 5.11. The molecule has 2 aromatic rings. The Hall–Kier alpha value is -2.09. The van der Waals surface area contributed by atoms with Gasteiger partial charge >= 0.3 is 0 Å². The maximum Gasteiger partial charge on any atom is 0.220 e. The second-order valence-corrected chi connectivity index (χ2v) is 6.87. The van der Waals surface area contributed by atoms with Gasteiger partial charge in [0.25, 0.3) is 0 Å². The van der Waals surface area contributed by atoms with Crippen molar-refractivity contribution in [2.75, 3.05) is 6.54 Å². The van der Waals surface area contributed by atoms with Crippen molar-refractivity contribution in [2.24, 2.45) is 5.92 Å². The third kappa shape index (κ3) is 4.70. The number of hydrogen-bond donors (Lipinski definition) is 1. The van der Waals surface area contributed by atoms with Gasteiger partial charge < -0.3 is 5.32 Å². The van der Waals surface area contributed by atoms with E-state index in [2.05, 4.69) is 66.0 Å². The summed E-state index contributed by atoms with van der Waals surface area (Å²) in [4.78, 5) is 12.1. The second kappa shape index (κ2) is 8.68. The zero-order valence-corrected chi connectivity index (χ0v) is 14.3. The van der Waals surface area contributed by atoms with Gasteiger partial charge in [-0.05, 0) is 36.3 Å². The molecule has 1 aliphatic carbocycles. The molecule has 0 bridgehead atoms. The van der Waals surface area contributed by atoms with Crippen LogP contribution >= 0.6 is 0 Å². The van der Waals surface area contributed by atoms with Gasteiger partial charge in [0, 0.05) is 18.9 Å². The van der Waals surface area contributed by atoms with Crippen LogP contribution in [0.1, 0.15) is 55.6 Å². The summed E-state index contributed by atoms with van der Waals surface area (Å²) < 4.78 is 0. The lowest BCUT2D eigenvalue weighted by Crippen LogP contribution is -2.27. The molecule has 1 fully saturated rings. The van der Waals surface area contributed by atoms with Crippen LogP contribution in [-0.2, 0) is 4.79 Å². The highest BCUT2D eigenvalue weighted by Gasteiger charge is 2.19. The van der Waals surface area contributed by atoms with E-state index in [1.165, 1.54) is 36.8 Å². The van der Waals surface area contributed by atoms with E-state index in [0.717, 1.165) is 13.0 Å². The summed E-state index contributed by atoms with van der Waals surface area (Å²) in [6, 6.07) is 21.2. The molecule has 0 spiro atoms. The van der Waals surface area contributed by atoms with Crippen molar-refractivity contribution in [3.63, 3.8) is 0 Å². The van der Waals surface area contributed by atoms with Crippen LogP contribution in [0.4, 0.5) is 0 Å². The Bertz CT molecular complexity index is 577. The Kier molecular flexibility index (Phi) is 6.06. The van der Waals surface area contributed by atoms with Gasteiger partial charge in [0.1, 0.15) is 0 Å². The van der Waals surface area contributed by atoms with Gasteiger partial charge in [0.2, 0.25) is 5.91 Å². The first kappa shape index (κ1) is 16.8. The van der Waals surface area contributed by atoms with Crippen LogP contribution in [0.3, 0.4) is 0 Å². The maximum absolute atomic E-state index is 12.1. The first-order valence-corrected chi connectivity index (χ1v) is 9.19. The van der Waals surface area contributed by atoms with Crippen molar-refractivity contribution in [1.82, 2.24) is 5.32 Å². The molecule has 2 heteroatoms. The van der Waals surface area contributed by atoms with Crippen molar-refractivity contribution in [1.29, 1.82) is 0 Å². The fourth-order valence-corrected chi connectivity index (χ4v) is 3.80. The van der Waals surface area contributed by atoms with Crippen LogP contribution in [0.5, 0.6) is 0 Å². The number of amides is 1. The Morgan fingerprint density at radius 2 is 1.46 bits per heavy atom. The van der Waals surface area contributed by atoms with E-state index in [-0.39, 0.29) is 5.91 Å². The van der Waals surface area contributed by atoms with Crippen LogP contribution in [0.2, 0.25) is 0 Å². The van der Waals surface area contributed by atoms with Crippen LogP contribution < -0.4 is 5.32 Å². The van der Waals surface area contributed by atoms with E-state index < -0.39 is 0 Å². The van der Waals surface area contributed by atoms with E-state index >= 15 is 0 Å². The van der Waals surface area contributed by atoms with Gasteiger partial charge in [0.15, 0.2) is 0 Å². The molecule has 0 aromatic heterocycles. The van der Waals surface area contributed by atoms with Crippen molar-refractivity contribution >= 4 is 5.91 Å². The predicted octanol–water partition coefficient (Wildman–Crippen LogP) is 4.91. The zero-order chi connectivity index (χ0) is 16.6. The standard InChI is InChI=1S/C22H27NO/c24-22(17-18-9-7-8-10-18)23-16-15-21(19-11-3-1-4-12-19)20-13-5-2-6-14-20/h1-6,11-14,18,21H,7-10,15-17H2,(H,23,24). The lowest BCUT2D eigenvalue weighted by Gasteiger charge is -2.19. The van der Waals surface area contributed by atoms with E-state index in [4.69, 9.17) is 0 Å². The van der Waals surface area contributed by atoms with Gasteiger partial charge in [-0.15, -0.1) is 0 Å². The highest BCUT2D eigenvalue weighted by molar-refractivity contribution is 5.76. The van der Waals surface area contributed by atoms with E-state index in [1.54, 1.807) is 0 Å². The summed E-state index contributed by atoms with van der Waals surface area (Å²) in [6.45, 7) is 0.736. The molecule has 1 saturated carbocycles. The summed E-state index contributed by atoms with van der Waals surface area (Å²) in [5.74, 6) is 1.17. The molecule has 0 unspecified atom stereocenters. The maximum atomic E-state index is 12.1. The summed E-state index contributed by atoms with van der Waals surface area (Å²) in [6.07, 6.45) is 6.68. The molecule has 1 amide bonds. The van der Waals surface area contributed by atoms with E-state index in [1.807, 2.05) is 0 Å². The quantitative estimate of drug-likeness (QED) is 0.771. The van der Waals surface area contributed by atoms with Crippen molar-refractivity contribution in [2.45, 2.75) is 44.4 Å². The molecule has 24 heavy (non-hydrogen) atoms. The Labute approximate surface area is 145 Å². The molecule has 1 aliphatic rings. The Morgan fingerprint density at radius 1 is 0.917 bits per heavy atom. The van der Waals surface area contributed by atoms with Crippen molar-refractivity contribution in [3.8, 4) is 0 Å². The van der Waals surface area contributed by atoms with Gasteiger partial charge in [-0.2, -0.15) is 0 Å². The molecule has 3 rings (SSSR count). The highest BCUT2D eigenvalue weighted by Crippen LogP contribution is 2.28. The highest BCUT2D eigenvalue weighted by atomic mass is 16.1. The van der Waals surface area contributed by atoms with Gasteiger partial charge in [-0.3, -0.25) is 4.79 Å². The fourth-order valence-electron chi connectivity index (χ4n) is 3.80. The summed E-state index contributed by atoms with van der Waals surface area (Å²) in [5, 5.41) is 3.14. The second-order valence-electron chi connectivity index (χ2n) is 6.87. The molecule has 2 nitrogen and oxygen atoms in total. The number of carbonyl (C=O) groups excluding carboxylic acids is 1. The lowest BCUT2D eigenvalue weighted by atomic mass is 9.88. The molecule has 2 aromatic carbocycles. The normalized spacial score (nSPS) is 14.9. The smallest absolute Gasteiger partial charge is 0.220 e. The van der Waals surface area contributed by atoms with E-state index in [9.17, 15) is 4.79 Å². The topological polar surface area (TPSA) is 29.1 Å². The van der Waals surface area contributed by atoms with Gasteiger partial charge in [-0.1, -0.05) is 73.5 Å². The summed E-state index contributed by atoms with van der Waals surface area (Å²) in [5.41, 5.74) is 2.63. The van der Waals surface area contributed by atoms with Gasteiger partial charge in [0.05, 0.1) is 0 Å². The molecule has 0 heterocycles. The molecule has 0 radical (unpaired) electrons. The van der Waals surface area contributed by atoms with Crippen LogP contribution in [0.15, 0.2) is 60.7 Å². The Balaban J connectivity index is 1.57. The number of nitrogens with one attached hydrogen (secondary N) is 1. The monoisotopic (exact) mass is 321 g/mol. The minimum absolute atomic E-state index is 0.224. The van der Waals surface area contributed by atoms with Crippen LogP contribution in [0, 0.1) is 5.92 Å². The van der Waals surface area contributed by atoms with Gasteiger partial charge in [-0.25, -0.2) is 0 Å². The SMILES string of the molecule is O=C(CC1CCCC1)NCCC(c1ccccc1)c1ccccc1. The molecule has 0 atom stereocenters. The van der Waals surface area contributed by atoms with Crippen LogP contribution in [0.25, 0.3) is 0 Å². The largest absolute Gasteiger partial charge is 0.356 e. The molecular weight excluding hydrogens is 294 g/mol. The van der Waals surface area contributed by atoms with Crippen molar-refractivity contribution in [3.05, 3.63) is 71.8 Å². The number of benzene rings is 2. The molecular formula is C22H27NO.